The van der Waals surface area contributed by atoms with Gasteiger partial charge in [-0.05, 0) is 18.2 Å². The molecule has 0 amide bonds. The van der Waals surface area contributed by atoms with Gasteiger partial charge in [0.1, 0.15) is 0 Å². The van der Waals surface area contributed by atoms with Crippen molar-refractivity contribution in [3.05, 3.63) is 47.5 Å². The molecule has 0 aliphatic carbocycles. The second-order valence-electron chi connectivity index (χ2n) is 3.57. The first-order valence-electron chi connectivity index (χ1n) is 4.37. The van der Waals surface area contributed by atoms with Gasteiger partial charge >= 0.3 is 0 Å². The average molecular weight is 157 g/mol. The highest BCUT2D eigenvalue weighted by molar-refractivity contribution is 5.45. The fourth-order valence-electron chi connectivity index (χ4n) is 2.35. The smallest absolute Gasteiger partial charge is 0.0541 e. The van der Waals surface area contributed by atoms with Crippen molar-refractivity contribution in [2.75, 3.05) is 7.05 Å². The minimum absolute atomic E-state index is 0.547. The Morgan fingerprint density at radius 3 is 2.00 bits per heavy atom. The van der Waals surface area contributed by atoms with Gasteiger partial charge in [0.2, 0.25) is 0 Å². The van der Waals surface area contributed by atoms with Crippen molar-refractivity contribution in [1.82, 2.24) is 4.90 Å². The van der Waals surface area contributed by atoms with Crippen molar-refractivity contribution in [3.8, 4) is 0 Å². The van der Waals surface area contributed by atoms with Crippen LogP contribution in [-0.2, 0) is 0 Å². The van der Waals surface area contributed by atoms with Crippen molar-refractivity contribution in [2.24, 2.45) is 0 Å². The second-order valence-corrected chi connectivity index (χ2v) is 3.57. The zero-order valence-corrected chi connectivity index (χ0v) is 7.07. The van der Waals surface area contributed by atoms with Crippen molar-refractivity contribution in [3.63, 3.8) is 0 Å². The highest BCUT2D eigenvalue weighted by Gasteiger charge is 2.36. The summed E-state index contributed by atoms with van der Waals surface area (Å²) >= 11 is 0. The molecule has 2 unspecified atom stereocenters. The minimum Gasteiger partial charge on any atom is -0.285 e. The topological polar surface area (TPSA) is 3.24 Å². The summed E-state index contributed by atoms with van der Waals surface area (Å²) in [6.45, 7) is 0. The SMILES string of the molecule is CN1C2C=CC1c1ccccc12. The molecule has 1 nitrogen and oxygen atoms in total. The van der Waals surface area contributed by atoms with Crippen LogP contribution in [0.15, 0.2) is 36.4 Å². The third-order valence-electron chi connectivity index (χ3n) is 2.99. The predicted octanol–water partition coefficient (Wildman–Crippen LogP) is 2.28. The van der Waals surface area contributed by atoms with Crippen molar-refractivity contribution < 1.29 is 0 Å². The van der Waals surface area contributed by atoms with Crippen LogP contribution in [0, 0.1) is 0 Å². The molecule has 12 heavy (non-hydrogen) atoms. The maximum atomic E-state index is 2.41. The Hall–Kier alpha value is -1.08. The summed E-state index contributed by atoms with van der Waals surface area (Å²) < 4.78 is 0. The highest BCUT2D eigenvalue weighted by Crippen LogP contribution is 2.46. The Kier molecular flexibility index (Phi) is 1.07. The van der Waals surface area contributed by atoms with Gasteiger partial charge in [0.05, 0.1) is 12.1 Å². The number of nitrogens with zero attached hydrogens (tertiary/aromatic N) is 1. The Bertz CT molecular complexity index is 321. The van der Waals surface area contributed by atoms with Crippen LogP contribution in [-0.4, -0.2) is 11.9 Å². The lowest BCUT2D eigenvalue weighted by Crippen LogP contribution is -2.13. The maximum absolute atomic E-state index is 2.41. The van der Waals surface area contributed by atoms with E-state index in [-0.39, 0.29) is 0 Å². The van der Waals surface area contributed by atoms with Gasteiger partial charge in [-0.25, -0.2) is 0 Å². The molecular formula is C11H11N. The molecular weight excluding hydrogens is 146 g/mol. The molecule has 0 saturated carbocycles. The molecule has 0 N–H and O–H groups in total. The Morgan fingerprint density at radius 2 is 1.50 bits per heavy atom. The number of hydrogen-bond donors (Lipinski definition) is 0. The van der Waals surface area contributed by atoms with Crippen LogP contribution in [0.1, 0.15) is 23.2 Å². The van der Waals surface area contributed by atoms with E-state index in [1.54, 1.807) is 0 Å². The van der Waals surface area contributed by atoms with E-state index < -0.39 is 0 Å². The molecule has 0 saturated heterocycles. The van der Waals surface area contributed by atoms with Crippen LogP contribution in [0.4, 0.5) is 0 Å². The Labute approximate surface area is 72.3 Å². The summed E-state index contributed by atoms with van der Waals surface area (Å²) in [5.41, 5.74) is 2.99. The van der Waals surface area contributed by atoms with Crippen LogP contribution < -0.4 is 0 Å². The van der Waals surface area contributed by atoms with E-state index in [1.807, 2.05) is 0 Å². The van der Waals surface area contributed by atoms with Crippen LogP contribution in [0.5, 0.6) is 0 Å². The van der Waals surface area contributed by atoms with Gasteiger partial charge in [-0.2, -0.15) is 0 Å². The molecule has 1 aromatic carbocycles. The molecule has 0 fully saturated rings. The van der Waals surface area contributed by atoms with Gasteiger partial charge in [0, 0.05) is 0 Å². The van der Waals surface area contributed by atoms with Gasteiger partial charge in [-0.1, -0.05) is 36.4 Å². The standard InChI is InChI=1S/C11H11N/c1-12-10-6-7-11(12)9-5-3-2-4-8(9)10/h2-7,10-11H,1H3. The van der Waals surface area contributed by atoms with Crippen LogP contribution in [0.25, 0.3) is 0 Å². The quantitative estimate of drug-likeness (QED) is 0.522. The van der Waals surface area contributed by atoms with Crippen LogP contribution in [0.3, 0.4) is 0 Å². The van der Waals surface area contributed by atoms with Crippen molar-refractivity contribution in [2.45, 2.75) is 12.1 Å². The fourth-order valence-corrected chi connectivity index (χ4v) is 2.35. The first-order chi connectivity index (χ1) is 5.88. The molecule has 2 heterocycles. The van der Waals surface area contributed by atoms with E-state index in [2.05, 4.69) is 48.4 Å². The highest BCUT2D eigenvalue weighted by atomic mass is 15.2. The minimum atomic E-state index is 0.547. The molecule has 0 spiro atoms. The molecule has 1 aromatic rings. The summed E-state index contributed by atoms with van der Waals surface area (Å²) in [6, 6.07) is 9.82. The van der Waals surface area contributed by atoms with Crippen molar-refractivity contribution in [1.29, 1.82) is 0 Å². The first-order valence-corrected chi connectivity index (χ1v) is 4.37. The summed E-state index contributed by atoms with van der Waals surface area (Å²) in [7, 11) is 2.19. The molecule has 0 aromatic heterocycles. The molecule has 2 aliphatic rings. The lowest BCUT2D eigenvalue weighted by molar-refractivity contribution is 0.299. The van der Waals surface area contributed by atoms with Gasteiger partial charge in [-0.3, -0.25) is 4.90 Å². The van der Waals surface area contributed by atoms with Gasteiger partial charge in [-0.15, -0.1) is 0 Å². The Morgan fingerprint density at radius 1 is 1.00 bits per heavy atom. The molecule has 0 radical (unpaired) electrons. The molecule has 3 rings (SSSR count). The lowest BCUT2D eigenvalue weighted by Gasteiger charge is -2.14. The first kappa shape index (κ1) is 6.44. The zero-order valence-electron chi connectivity index (χ0n) is 7.07. The molecule has 2 atom stereocenters. The van der Waals surface area contributed by atoms with E-state index in [4.69, 9.17) is 0 Å². The average Bonchev–Trinajstić information content (AvgIpc) is 2.61. The van der Waals surface area contributed by atoms with Crippen LogP contribution in [0.2, 0.25) is 0 Å². The van der Waals surface area contributed by atoms with Crippen LogP contribution >= 0.6 is 0 Å². The number of rotatable bonds is 0. The molecule has 2 bridgehead atoms. The zero-order chi connectivity index (χ0) is 8.13. The lowest BCUT2D eigenvalue weighted by atomic mass is 9.97. The maximum Gasteiger partial charge on any atom is 0.0541 e. The van der Waals surface area contributed by atoms with E-state index in [1.165, 1.54) is 11.1 Å². The fraction of sp³-hybridized carbons (Fsp3) is 0.273. The predicted molar refractivity (Wildman–Crippen MR) is 48.8 cm³/mol. The summed E-state index contributed by atoms with van der Waals surface area (Å²) in [6.07, 6.45) is 4.60. The van der Waals surface area contributed by atoms with E-state index in [0.29, 0.717) is 12.1 Å². The Balaban J connectivity index is 2.25. The number of hydrogen-bond acceptors (Lipinski definition) is 1. The largest absolute Gasteiger partial charge is 0.285 e. The van der Waals surface area contributed by atoms with Gasteiger partial charge in [0.15, 0.2) is 0 Å². The summed E-state index contributed by atoms with van der Waals surface area (Å²) in [5.74, 6) is 0. The molecule has 1 heteroatoms. The number of likely N-dealkylation sites (N-methyl/N-ethyl adjacent to an activating group) is 1. The van der Waals surface area contributed by atoms with Gasteiger partial charge < -0.3 is 0 Å². The third-order valence-corrected chi connectivity index (χ3v) is 2.99. The normalized spacial score (nSPS) is 31.1. The number of fused-ring (bicyclic) bond motifs is 5. The van der Waals surface area contributed by atoms with E-state index in [0.717, 1.165) is 0 Å². The van der Waals surface area contributed by atoms with Crippen molar-refractivity contribution >= 4 is 0 Å². The summed E-state index contributed by atoms with van der Waals surface area (Å²) in [5, 5.41) is 0. The van der Waals surface area contributed by atoms with Gasteiger partial charge in [0.25, 0.3) is 0 Å². The van der Waals surface area contributed by atoms with E-state index >= 15 is 0 Å². The van der Waals surface area contributed by atoms with E-state index in [9.17, 15) is 0 Å². The summed E-state index contributed by atoms with van der Waals surface area (Å²) in [4.78, 5) is 2.41. The molecule has 2 aliphatic heterocycles. The third kappa shape index (κ3) is 0.585. The monoisotopic (exact) mass is 157 g/mol. The second kappa shape index (κ2) is 1.99. The number of benzene rings is 1. The molecule has 60 valence electrons.